The molecule has 0 saturated carbocycles. The van der Waals surface area contributed by atoms with Gasteiger partial charge in [-0.1, -0.05) is 103 Å². The van der Waals surface area contributed by atoms with Crippen LogP contribution in [0.3, 0.4) is 0 Å². The van der Waals surface area contributed by atoms with Crippen molar-refractivity contribution in [1.82, 2.24) is 4.57 Å². The number of hydrogen-bond acceptors (Lipinski definition) is 3. The predicted octanol–water partition coefficient (Wildman–Crippen LogP) is 13.7. The molecule has 244 valence electrons. The second kappa shape index (κ2) is 11.2. The van der Waals surface area contributed by atoms with Crippen LogP contribution >= 0.6 is 0 Å². The van der Waals surface area contributed by atoms with Crippen LogP contribution in [0.5, 0.6) is 0 Å². The summed E-state index contributed by atoms with van der Waals surface area (Å²) in [6.07, 6.45) is 0. The van der Waals surface area contributed by atoms with Crippen molar-refractivity contribution in [1.29, 1.82) is 0 Å². The third-order valence-electron chi connectivity index (χ3n) is 10.4. The summed E-state index contributed by atoms with van der Waals surface area (Å²) in [5.74, 6) is 0. The second-order valence-electron chi connectivity index (χ2n) is 13.3. The number of rotatable bonds is 5. The predicted molar refractivity (Wildman–Crippen MR) is 215 cm³/mol. The van der Waals surface area contributed by atoms with Gasteiger partial charge in [0.05, 0.1) is 16.7 Å². The molecule has 4 heteroatoms. The zero-order valence-corrected chi connectivity index (χ0v) is 28.0. The minimum absolute atomic E-state index is 0.888. The van der Waals surface area contributed by atoms with Crippen molar-refractivity contribution in [2.45, 2.75) is 0 Å². The molecule has 0 aliphatic heterocycles. The molecule has 0 atom stereocenters. The third kappa shape index (κ3) is 4.34. The lowest BCUT2D eigenvalue weighted by molar-refractivity contribution is 0.666. The molecule has 0 saturated heterocycles. The van der Waals surface area contributed by atoms with E-state index in [0.717, 1.165) is 83.2 Å². The van der Waals surface area contributed by atoms with Gasteiger partial charge in [-0.25, -0.2) is 0 Å². The third-order valence-corrected chi connectivity index (χ3v) is 10.4. The van der Waals surface area contributed by atoms with Gasteiger partial charge in [0.25, 0.3) is 0 Å². The Bertz CT molecular complexity index is 3130. The molecule has 0 unspecified atom stereocenters. The summed E-state index contributed by atoms with van der Waals surface area (Å²) in [5.41, 5.74) is 12.5. The summed E-state index contributed by atoms with van der Waals surface area (Å²) < 4.78 is 15.0. The van der Waals surface area contributed by atoms with Gasteiger partial charge in [-0.15, -0.1) is 0 Å². The molecule has 0 aliphatic carbocycles. The Hall–Kier alpha value is -7.04. The van der Waals surface area contributed by atoms with E-state index in [-0.39, 0.29) is 0 Å². The monoisotopic (exact) mass is 666 g/mol. The molecule has 52 heavy (non-hydrogen) atoms. The van der Waals surface area contributed by atoms with E-state index in [0.29, 0.717) is 0 Å². The topological polar surface area (TPSA) is 34.5 Å². The molecule has 4 nitrogen and oxygen atoms in total. The van der Waals surface area contributed by atoms with Crippen molar-refractivity contribution >= 4 is 82.7 Å². The smallest absolute Gasteiger partial charge is 0.159 e. The highest BCUT2D eigenvalue weighted by Gasteiger charge is 2.19. The van der Waals surface area contributed by atoms with Crippen LogP contribution in [0, 0.1) is 0 Å². The minimum Gasteiger partial charge on any atom is -0.456 e. The normalized spacial score (nSPS) is 11.8. The lowest BCUT2D eigenvalue weighted by atomic mass is 10.0. The summed E-state index contributed by atoms with van der Waals surface area (Å²) in [6.45, 7) is 0. The van der Waals surface area contributed by atoms with E-state index >= 15 is 0 Å². The maximum Gasteiger partial charge on any atom is 0.159 e. The van der Waals surface area contributed by atoms with Crippen LogP contribution in [-0.4, -0.2) is 4.57 Å². The molecule has 0 aliphatic rings. The number of hydrogen-bond donors (Lipinski definition) is 0. The highest BCUT2D eigenvalue weighted by atomic mass is 16.3. The molecule has 8 aromatic carbocycles. The number of anilines is 3. The zero-order chi connectivity index (χ0) is 34.2. The minimum atomic E-state index is 0.888. The first kappa shape index (κ1) is 28.8. The first-order valence-corrected chi connectivity index (χ1v) is 17.6. The van der Waals surface area contributed by atoms with Gasteiger partial charge >= 0.3 is 0 Å². The van der Waals surface area contributed by atoms with Crippen molar-refractivity contribution < 1.29 is 8.83 Å². The van der Waals surface area contributed by atoms with E-state index in [1.54, 1.807) is 0 Å². The van der Waals surface area contributed by atoms with Crippen LogP contribution in [-0.2, 0) is 0 Å². The Morgan fingerprint density at radius 1 is 0.346 bits per heavy atom. The van der Waals surface area contributed by atoms with E-state index in [4.69, 9.17) is 8.83 Å². The van der Waals surface area contributed by atoms with Gasteiger partial charge in [-0.2, -0.15) is 0 Å². The number of benzene rings is 8. The fraction of sp³-hybridized carbons (Fsp3) is 0. The number of fused-ring (bicyclic) bond motifs is 9. The van der Waals surface area contributed by atoms with E-state index in [2.05, 4.69) is 167 Å². The first-order chi connectivity index (χ1) is 25.8. The standard InChI is InChI=1S/C48H30N2O2/c1-2-11-33(12-3-1)49(35-26-28-47-41(30-35)38-15-6-8-19-45(38)51-47)34-24-21-31(22-25-34)32-23-27-43-40(29-32)36-13-4-7-17-42(36)50(43)44-18-10-16-39-37-14-5-9-20-46(37)52-48(39)44/h1-30H. The number of nitrogens with zero attached hydrogens (tertiary/aromatic N) is 2. The van der Waals surface area contributed by atoms with Gasteiger partial charge in [0.15, 0.2) is 5.58 Å². The van der Waals surface area contributed by atoms with Gasteiger partial charge in [0.2, 0.25) is 0 Å². The summed E-state index contributed by atoms with van der Waals surface area (Å²) in [7, 11) is 0. The molecule has 3 aromatic heterocycles. The van der Waals surface area contributed by atoms with Crippen LogP contribution in [0.4, 0.5) is 17.1 Å². The van der Waals surface area contributed by atoms with E-state index < -0.39 is 0 Å². The molecule has 0 N–H and O–H groups in total. The van der Waals surface area contributed by atoms with Crippen LogP contribution in [0.2, 0.25) is 0 Å². The van der Waals surface area contributed by atoms with E-state index in [1.165, 1.54) is 16.3 Å². The van der Waals surface area contributed by atoms with Gasteiger partial charge in [0.1, 0.15) is 16.7 Å². The lowest BCUT2D eigenvalue weighted by Crippen LogP contribution is -2.09. The molecule has 0 spiro atoms. The molecular formula is C48H30N2O2. The number of furan rings is 2. The van der Waals surface area contributed by atoms with Gasteiger partial charge < -0.3 is 18.3 Å². The van der Waals surface area contributed by atoms with Crippen LogP contribution in [0.15, 0.2) is 191 Å². The fourth-order valence-electron chi connectivity index (χ4n) is 8.00. The Morgan fingerprint density at radius 3 is 1.77 bits per heavy atom. The molecular weight excluding hydrogens is 637 g/mol. The highest BCUT2D eigenvalue weighted by molar-refractivity contribution is 6.13. The Balaban J connectivity index is 1.03. The second-order valence-corrected chi connectivity index (χ2v) is 13.3. The van der Waals surface area contributed by atoms with Crippen molar-refractivity contribution in [3.8, 4) is 16.8 Å². The van der Waals surface area contributed by atoms with Crippen LogP contribution in [0.25, 0.3) is 82.5 Å². The first-order valence-electron chi connectivity index (χ1n) is 17.6. The average Bonchev–Trinajstić information content (AvgIpc) is 3.88. The van der Waals surface area contributed by atoms with Crippen molar-refractivity contribution in [3.63, 3.8) is 0 Å². The molecule has 0 bridgehead atoms. The SMILES string of the molecule is c1ccc(N(c2ccc(-c3ccc4c(c3)c3ccccc3n4-c3cccc4c3oc3ccccc34)cc2)c2ccc3oc4ccccc4c3c2)cc1. The van der Waals surface area contributed by atoms with Crippen LogP contribution < -0.4 is 4.90 Å². The molecule has 0 radical (unpaired) electrons. The maximum atomic E-state index is 6.50. The Morgan fingerprint density at radius 2 is 0.942 bits per heavy atom. The van der Waals surface area contributed by atoms with E-state index in [9.17, 15) is 0 Å². The van der Waals surface area contributed by atoms with Gasteiger partial charge in [0, 0.05) is 49.4 Å². The van der Waals surface area contributed by atoms with E-state index in [1.807, 2.05) is 24.3 Å². The zero-order valence-electron chi connectivity index (χ0n) is 28.0. The Kier molecular flexibility index (Phi) is 6.22. The number of para-hydroxylation sites is 5. The maximum absolute atomic E-state index is 6.50. The summed E-state index contributed by atoms with van der Waals surface area (Å²) in [4.78, 5) is 2.31. The van der Waals surface area contributed by atoms with Crippen molar-refractivity contribution in [2.24, 2.45) is 0 Å². The molecule has 11 aromatic rings. The fourth-order valence-corrected chi connectivity index (χ4v) is 8.00. The Labute approximate surface area is 299 Å². The van der Waals surface area contributed by atoms with Crippen molar-refractivity contribution in [2.75, 3.05) is 4.90 Å². The average molecular weight is 667 g/mol. The van der Waals surface area contributed by atoms with Gasteiger partial charge in [-0.05, 0) is 90.0 Å². The van der Waals surface area contributed by atoms with Gasteiger partial charge in [-0.3, -0.25) is 0 Å². The number of aromatic nitrogens is 1. The molecule has 11 rings (SSSR count). The van der Waals surface area contributed by atoms with Crippen LogP contribution in [0.1, 0.15) is 0 Å². The largest absolute Gasteiger partial charge is 0.456 e. The molecule has 3 heterocycles. The lowest BCUT2D eigenvalue weighted by Gasteiger charge is -2.25. The molecule has 0 fully saturated rings. The summed E-state index contributed by atoms with van der Waals surface area (Å²) in [6, 6.07) is 64.3. The molecule has 0 amide bonds. The highest BCUT2D eigenvalue weighted by Crippen LogP contribution is 2.41. The summed E-state index contributed by atoms with van der Waals surface area (Å²) in [5, 5.41) is 6.90. The van der Waals surface area contributed by atoms with Crippen molar-refractivity contribution in [3.05, 3.63) is 182 Å². The quantitative estimate of drug-likeness (QED) is 0.183. The summed E-state index contributed by atoms with van der Waals surface area (Å²) >= 11 is 0.